The molecule has 0 aliphatic heterocycles. The van der Waals surface area contributed by atoms with Crippen molar-refractivity contribution in [2.24, 2.45) is 5.73 Å². The molecular formula is C9H15NO2S2. The van der Waals surface area contributed by atoms with E-state index in [2.05, 4.69) is 0 Å². The van der Waals surface area contributed by atoms with Gasteiger partial charge in [0.2, 0.25) is 0 Å². The molecule has 3 nitrogen and oxygen atoms in total. The first-order valence-corrected chi connectivity index (χ1v) is 7.16. The van der Waals surface area contributed by atoms with Crippen LogP contribution in [-0.4, -0.2) is 19.9 Å². The fraction of sp³-hybridized carbons (Fsp3) is 0.556. The van der Waals surface area contributed by atoms with Gasteiger partial charge in [0.25, 0.3) is 0 Å². The van der Waals surface area contributed by atoms with Gasteiger partial charge < -0.3 is 5.73 Å². The summed E-state index contributed by atoms with van der Waals surface area (Å²) in [7, 11) is -3.06. The molecule has 5 heteroatoms. The van der Waals surface area contributed by atoms with Crippen molar-refractivity contribution in [1.29, 1.82) is 0 Å². The van der Waals surface area contributed by atoms with Crippen molar-refractivity contribution in [2.75, 3.05) is 6.26 Å². The molecule has 0 spiro atoms. The van der Waals surface area contributed by atoms with Gasteiger partial charge in [-0.2, -0.15) is 0 Å². The highest BCUT2D eigenvalue weighted by Crippen LogP contribution is 2.26. The standard InChI is InChI=1S/C9H15NO2S2/c1-6-4-5-13-9(6)8(10)7(2)14(3,11)12/h4-5,7-8H,10H2,1-3H3. The van der Waals surface area contributed by atoms with Gasteiger partial charge in [0.15, 0.2) is 9.84 Å². The van der Waals surface area contributed by atoms with E-state index in [0.717, 1.165) is 10.4 Å². The van der Waals surface area contributed by atoms with Gasteiger partial charge in [-0.1, -0.05) is 0 Å². The lowest BCUT2D eigenvalue weighted by molar-refractivity contribution is 0.572. The Morgan fingerprint density at radius 1 is 1.50 bits per heavy atom. The molecule has 0 saturated carbocycles. The quantitative estimate of drug-likeness (QED) is 0.860. The van der Waals surface area contributed by atoms with Crippen LogP contribution in [0.2, 0.25) is 0 Å². The minimum Gasteiger partial charge on any atom is -0.322 e. The maximum absolute atomic E-state index is 11.3. The molecule has 0 radical (unpaired) electrons. The summed E-state index contributed by atoms with van der Waals surface area (Å²) in [6.45, 7) is 3.60. The molecule has 1 rings (SSSR count). The average Bonchev–Trinajstić information content (AvgIpc) is 2.47. The Balaban J connectivity index is 2.97. The first-order chi connectivity index (χ1) is 6.34. The lowest BCUT2D eigenvalue weighted by atomic mass is 10.1. The number of thiophene rings is 1. The van der Waals surface area contributed by atoms with E-state index in [4.69, 9.17) is 5.73 Å². The molecule has 1 aromatic heterocycles. The van der Waals surface area contributed by atoms with Crippen molar-refractivity contribution in [3.63, 3.8) is 0 Å². The summed E-state index contributed by atoms with van der Waals surface area (Å²) in [5, 5.41) is 1.40. The number of hydrogen-bond donors (Lipinski definition) is 1. The molecule has 0 aliphatic rings. The zero-order valence-corrected chi connectivity index (χ0v) is 10.2. The highest BCUT2D eigenvalue weighted by molar-refractivity contribution is 7.91. The molecule has 1 aromatic rings. The number of rotatable bonds is 3. The van der Waals surface area contributed by atoms with Crippen molar-refractivity contribution < 1.29 is 8.42 Å². The molecule has 0 saturated heterocycles. The number of nitrogens with two attached hydrogens (primary N) is 1. The van der Waals surface area contributed by atoms with Gasteiger partial charge in [-0.3, -0.25) is 0 Å². The summed E-state index contributed by atoms with van der Waals surface area (Å²) in [6.07, 6.45) is 1.22. The Morgan fingerprint density at radius 2 is 2.07 bits per heavy atom. The molecule has 14 heavy (non-hydrogen) atoms. The first-order valence-electron chi connectivity index (χ1n) is 4.32. The van der Waals surface area contributed by atoms with Crippen LogP contribution in [0.1, 0.15) is 23.4 Å². The predicted molar refractivity (Wildman–Crippen MR) is 60.3 cm³/mol. The van der Waals surface area contributed by atoms with Crippen LogP contribution in [0.4, 0.5) is 0 Å². The van der Waals surface area contributed by atoms with Crippen LogP contribution in [0.3, 0.4) is 0 Å². The van der Waals surface area contributed by atoms with E-state index in [-0.39, 0.29) is 0 Å². The molecule has 1 heterocycles. The monoisotopic (exact) mass is 233 g/mol. The molecular weight excluding hydrogens is 218 g/mol. The third-order valence-electron chi connectivity index (χ3n) is 2.39. The molecule has 0 aromatic carbocycles. The van der Waals surface area contributed by atoms with Gasteiger partial charge in [-0.15, -0.1) is 11.3 Å². The highest BCUT2D eigenvalue weighted by Gasteiger charge is 2.25. The van der Waals surface area contributed by atoms with E-state index in [9.17, 15) is 8.42 Å². The lowest BCUT2D eigenvalue weighted by Gasteiger charge is -2.17. The third kappa shape index (κ3) is 2.34. The zero-order chi connectivity index (χ0) is 10.9. The minimum absolute atomic E-state index is 0.412. The van der Waals surface area contributed by atoms with E-state index in [0.29, 0.717) is 0 Å². The summed E-state index contributed by atoms with van der Waals surface area (Å²) in [5.74, 6) is 0. The summed E-state index contributed by atoms with van der Waals surface area (Å²) in [6, 6.07) is 1.54. The second kappa shape index (κ2) is 4.00. The van der Waals surface area contributed by atoms with Crippen LogP contribution >= 0.6 is 11.3 Å². The summed E-state index contributed by atoms with van der Waals surface area (Å²) < 4.78 is 22.6. The van der Waals surface area contributed by atoms with Crippen LogP contribution in [0.15, 0.2) is 11.4 Å². The van der Waals surface area contributed by atoms with E-state index < -0.39 is 21.1 Å². The fourth-order valence-electron chi connectivity index (χ4n) is 1.21. The average molecular weight is 233 g/mol. The van der Waals surface area contributed by atoms with E-state index in [1.165, 1.54) is 17.6 Å². The predicted octanol–water partition coefficient (Wildman–Crippen LogP) is 1.49. The SMILES string of the molecule is Cc1ccsc1C(N)C(C)S(C)(=O)=O. The Labute approximate surface area is 88.9 Å². The lowest BCUT2D eigenvalue weighted by Crippen LogP contribution is -2.30. The summed E-state index contributed by atoms with van der Waals surface area (Å²) >= 11 is 1.51. The molecule has 0 aliphatic carbocycles. The van der Waals surface area contributed by atoms with Crippen LogP contribution < -0.4 is 5.73 Å². The normalized spacial score (nSPS) is 16.6. The van der Waals surface area contributed by atoms with Gasteiger partial charge in [0.05, 0.1) is 11.3 Å². The fourth-order valence-corrected chi connectivity index (χ4v) is 2.99. The van der Waals surface area contributed by atoms with E-state index in [1.807, 2.05) is 18.4 Å². The summed E-state index contributed by atoms with van der Waals surface area (Å²) in [4.78, 5) is 0.961. The zero-order valence-electron chi connectivity index (χ0n) is 8.52. The first kappa shape index (κ1) is 11.7. The van der Waals surface area contributed by atoms with Crippen molar-refractivity contribution in [2.45, 2.75) is 25.1 Å². The summed E-state index contributed by atoms with van der Waals surface area (Å²) in [5.41, 5.74) is 6.97. The maximum atomic E-state index is 11.3. The van der Waals surface area contributed by atoms with Crippen LogP contribution in [0.25, 0.3) is 0 Å². The Kier molecular flexibility index (Phi) is 3.34. The Hall–Kier alpha value is -0.390. The maximum Gasteiger partial charge on any atom is 0.151 e. The van der Waals surface area contributed by atoms with Crippen molar-refractivity contribution in [1.82, 2.24) is 0 Å². The minimum atomic E-state index is -3.06. The Morgan fingerprint density at radius 3 is 2.43 bits per heavy atom. The molecule has 0 bridgehead atoms. The molecule has 2 atom stereocenters. The van der Waals surface area contributed by atoms with Gasteiger partial charge in [-0.05, 0) is 30.9 Å². The van der Waals surface area contributed by atoms with Crippen molar-refractivity contribution in [3.8, 4) is 0 Å². The number of sulfone groups is 1. The molecule has 0 fully saturated rings. The topological polar surface area (TPSA) is 60.2 Å². The second-order valence-electron chi connectivity index (χ2n) is 3.53. The number of hydrogen-bond acceptors (Lipinski definition) is 4. The molecule has 0 amide bonds. The van der Waals surface area contributed by atoms with Crippen molar-refractivity contribution in [3.05, 3.63) is 21.9 Å². The van der Waals surface area contributed by atoms with Gasteiger partial charge in [0.1, 0.15) is 0 Å². The highest BCUT2D eigenvalue weighted by atomic mass is 32.2. The van der Waals surface area contributed by atoms with Gasteiger partial charge in [0, 0.05) is 11.1 Å². The Bertz CT molecular complexity index is 408. The smallest absolute Gasteiger partial charge is 0.151 e. The van der Waals surface area contributed by atoms with Crippen LogP contribution in [0, 0.1) is 6.92 Å². The van der Waals surface area contributed by atoms with Crippen LogP contribution in [-0.2, 0) is 9.84 Å². The molecule has 80 valence electrons. The van der Waals surface area contributed by atoms with Crippen LogP contribution in [0.5, 0.6) is 0 Å². The van der Waals surface area contributed by atoms with Gasteiger partial charge in [-0.25, -0.2) is 8.42 Å². The second-order valence-corrected chi connectivity index (χ2v) is 6.88. The molecule has 2 unspecified atom stereocenters. The van der Waals surface area contributed by atoms with E-state index in [1.54, 1.807) is 6.92 Å². The van der Waals surface area contributed by atoms with E-state index >= 15 is 0 Å². The largest absolute Gasteiger partial charge is 0.322 e. The third-order valence-corrected chi connectivity index (χ3v) is 5.15. The van der Waals surface area contributed by atoms with Gasteiger partial charge >= 0.3 is 0 Å². The number of aryl methyl sites for hydroxylation is 1. The van der Waals surface area contributed by atoms with Crippen molar-refractivity contribution >= 4 is 21.2 Å². The molecule has 2 N–H and O–H groups in total.